The zero-order chi connectivity index (χ0) is 22.1. The van der Waals surface area contributed by atoms with Gasteiger partial charge in [0.25, 0.3) is 5.91 Å². The number of nitrogens with one attached hydrogen (secondary N) is 1. The molecule has 1 fully saturated rings. The van der Waals surface area contributed by atoms with Gasteiger partial charge in [0, 0.05) is 36.9 Å². The minimum absolute atomic E-state index is 0.250. The topological polar surface area (TPSA) is 57.6 Å². The second-order valence-electron chi connectivity index (χ2n) is 7.94. The van der Waals surface area contributed by atoms with Crippen molar-refractivity contribution in [3.05, 3.63) is 88.9 Å². The third kappa shape index (κ3) is 3.97. The summed E-state index contributed by atoms with van der Waals surface area (Å²) in [6, 6.07) is 19.4. The van der Waals surface area contributed by atoms with Crippen molar-refractivity contribution in [3.8, 4) is 5.69 Å². The Morgan fingerprint density at radius 2 is 1.65 bits per heavy atom. The number of nitrogens with zero attached hydrogens (tertiary/aromatic N) is 3. The number of urea groups is 1. The molecule has 1 aromatic heterocycles. The van der Waals surface area contributed by atoms with E-state index in [1.54, 1.807) is 6.08 Å². The minimum atomic E-state index is -0.395. The van der Waals surface area contributed by atoms with E-state index in [-0.39, 0.29) is 12.5 Å². The summed E-state index contributed by atoms with van der Waals surface area (Å²) < 4.78 is 2.15. The number of hydrogen-bond acceptors (Lipinski definition) is 3. The van der Waals surface area contributed by atoms with Gasteiger partial charge >= 0.3 is 6.03 Å². The van der Waals surface area contributed by atoms with E-state index in [9.17, 15) is 9.59 Å². The number of hydrogen-bond donors (Lipinski definition) is 1. The minimum Gasteiger partial charge on any atom is -0.378 e. The summed E-state index contributed by atoms with van der Waals surface area (Å²) in [5.41, 5.74) is 6.35. The van der Waals surface area contributed by atoms with Gasteiger partial charge in [-0.15, -0.1) is 0 Å². The van der Waals surface area contributed by atoms with Crippen molar-refractivity contribution in [3.63, 3.8) is 0 Å². The Balaban J connectivity index is 1.61. The molecule has 1 saturated heterocycles. The smallest absolute Gasteiger partial charge is 0.329 e. The van der Waals surface area contributed by atoms with Gasteiger partial charge in [-0.2, -0.15) is 0 Å². The highest BCUT2D eigenvalue weighted by Gasteiger charge is 2.33. The van der Waals surface area contributed by atoms with E-state index in [0.717, 1.165) is 33.9 Å². The molecule has 2 heterocycles. The summed E-state index contributed by atoms with van der Waals surface area (Å²) >= 11 is 0. The van der Waals surface area contributed by atoms with Crippen LogP contribution in [0.15, 0.2) is 66.4 Å². The molecule has 1 aliphatic rings. The predicted octanol–water partition coefficient (Wildman–Crippen LogP) is 4.25. The first-order chi connectivity index (χ1) is 14.8. The Kier molecular flexibility index (Phi) is 5.38. The Morgan fingerprint density at radius 1 is 0.968 bits per heavy atom. The van der Waals surface area contributed by atoms with Crippen LogP contribution in [0.25, 0.3) is 11.8 Å². The zero-order valence-corrected chi connectivity index (χ0v) is 18.2. The number of aromatic nitrogens is 1. The molecule has 2 aromatic carbocycles. The Bertz CT molecular complexity index is 1160. The molecule has 0 unspecified atom stereocenters. The van der Waals surface area contributed by atoms with E-state index >= 15 is 0 Å². The first kappa shape index (κ1) is 20.5. The lowest BCUT2D eigenvalue weighted by Crippen LogP contribution is -2.30. The zero-order valence-electron chi connectivity index (χ0n) is 18.2. The van der Waals surface area contributed by atoms with E-state index in [1.165, 1.54) is 4.90 Å². The number of carbonyl (C=O) groups is 2. The molecule has 3 aromatic rings. The molecule has 1 aliphatic heterocycles. The van der Waals surface area contributed by atoms with Crippen molar-refractivity contribution in [1.29, 1.82) is 0 Å². The average molecular weight is 415 g/mol. The van der Waals surface area contributed by atoms with Crippen LogP contribution in [0.1, 0.15) is 22.5 Å². The molecule has 0 saturated carbocycles. The number of anilines is 1. The van der Waals surface area contributed by atoms with Crippen LogP contribution in [0.4, 0.5) is 10.5 Å². The van der Waals surface area contributed by atoms with Crippen molar-refractivity contribution in [2.24, 2.45) is 0 Å². The maximum atomic E-state index is 12.9. The molecule has 6 nitrogen and oxygen atoms in total. The van der Waals surface area contributed by atoms with Crippen molar-refractivity contribution >= 4 is 23.7 Å². The van der Waals surface area contributed by atoms with Crippen LogP contribution in [0, 0.1) is 13.8 Å². The van der Waals surface area contributed by atoms with E-state index < -0.39 is 6.03 Å². The average Bonchev–Trinajstić information content (AvgIpc) is 3.18. The van der Waals surface area contributed by atoms with Crippen molar-refractivity contribution in [2.75, 3.05) is 19.0 Å². The van der Waals surface area contributed by atoms with E-state index in [4.69, 9.17) is 0 Å². The van der Waals surface area contributed by atoms with Gasteiger partial charge in [0.1, 0.15) is 5.70 Å². The molecule has 31 heavy (non-hydrogen) atoms. The van der Waals surface area contributed by atoms with Gasteiger partial charge in [0.2, 0.25) is 0 Å². The summed E-state index contributed by atoms with van der Waals surface area (Å²) in [4.78, 5) is 28.6. The SMILES string of the molecule is Cc1cc(/C=C2/NC(=O)N(Cc3ccccc3)C2=O)c(C)n1-c1ccc(N(C)C)cc1. The Labute approximate surface area is 182 Å². The summed E-state index contributed by atoms with van der Waals surface area (Å²) in [6.07, 6.45) is 1.76. The molecule has 6 heteroatoms. The summed E-state index contributed by atoms with van der Waals surface area (Å²) in [6.45, 7) is 4.30. The van der Waals surface area contributed by atoms with Crippen LogP contribution in [-0.2, 0) is 11.3 Å². The molecule has 0 spiro atoms. The lowest BCUT2D eigenvalue weighted by Gasteiger charge is -2.15. The molecular formula is C25H26N4O2. The highest BCUT2D eigenvalue weighted by atomic mass is 16.2. The Hall–Kier alpha value is -3.80. The number of aryl methyl sites for hydroxylation is 1. The van der Waals surface area contributed by atoms with Crippen molar-refractivity contribution in [2.45, 2.75) is 20.4 Å². The number of imide groups is 1. The van der Waals surface area contributed by atoms with E-state index in [0.29, 0.717) is 5.70 Å². The molecule has 4 rings (SSSR count). The van der Waals surface area contributed by atoms with Gasteiger partial charge in [-0.25, -0.2) is 4.79 Å². The number of benzene rings is 2. The van der Waals surface area contributed by atoms with Crippen LogP contribution >= 0.6 is 0 Å². The molecule has 0 atom stereocenters. The maximum Gasteiger partial charge on any atom is 0.329 e. The van der Waals surface area contributed by atoms with Gasteiger partial charge in [-0.1, -0.05) is 30.3 Å². The standard InChI is InChI=1S/C25H26N4O2/c1-17-14-20(18(2)29(17)22-12-10-21(11-13-22)27(3)4)15-23-24(30)28(25(31)26-23)16-19-8-6-5-7-9-19/h5-15H,16H2,1-4H3,(H,26,31)/b23-15+. The van der Waals surface area contributed by atoms with Crippen LogP contribution < -0.4 is 10.2 Å². The molecule has 0 aliphatic carbocycles. The highest BCUT2D eigenvalue weighted by molar-refractivity contribution is 6.14. The van der Waals surface area contributed by atoms with Crippen LogP contribution in [-0.4, -0.2) is 35.5 Å². The van der Waals surface area contributed by atoms with Gasteiger partial charge in [0.15, 0.2) is 0 Å². The molecular weight excluding hydrogens is 388 g/mol. The second kappa shape index (κ2) is 8.14. The fraction of sp³-hybridized carbons (Fsp3) is 0.200. The summed E-state index contributed by atoms with van der Waals surface area (Å²) in [5.74, 6) is -0.311. The maximum absolute atomic E-state index is 12.9. The second-order valence-corrected chi connectivity index (χ2v) is 7.94. The van der Waals surface area contributed by atoms with Crippen molar-refractivity contribution in [1.82, 2.24) is 14.8 Å². The van der Waals surface area contributed by atoms with Crippen LogP contribution in [0.5, 0.6) is 0 Å². The van der Waals surface area contributed by atoms with Crippen LogP contribution in [0.2, 0.25) is 0 Å². The monoisotopic (exact) mass is 414 g/mol. The quantitative estimate of drug-likeness (QED) is 0.502. The fourth-order valence-corrected chi connectivity index (χ4v) is 3.87. The van der Waals surface area contributed by atoms with Crippen LogP contribution in [0.3, 0.4) is 0 Å². The Morgan fingerprint density at radius 3 is 2.29 bits per heavy atom. The molecule has 3 amide bonds. The molecule has 0 radical (unpaired) electrons. The lowest BCUT2D eigenvalue weighted by molar-refractivity contribution is -0.123. The highest BCUT2D eigenvalue weighted by Crippen LogP contribution is 2.25. The summed E-state index contributed by atoms with van der Waals surface area (Å²) in [5, 5.41) is 2.72. The third-order valence-corrected chi connectivity index (χ3v) is 5.54. The largest absolute Gasteiger partial charge is 0.378 e. The van der Waals surface area contributed by atoms with Gasteiger partial charge < -0.3 is 14.8 Å². The molecule has 158 valence electrons. The first-order valence-electron chi connectivity index (χ1n) is 10.2. The number of amides is 3. The first-order valence-corrected chi connectivity index (χ1v) is 10.2. The van der Waals surface area contributed by atoms with Gasteiger partial charge in [-0.3, -0.25) is 9.69 Å². The van der Waals surface area contributed by atoms with E-state index in [2.05, 4.69) is 39.0 Å². The molecule has 1 N–H and O–H groups in total. The normalized spacial score (nSPS) is 15.0. The lowest BCUT2D eigenvalue weighted by atomic mass is 10.2. The predicted molar refractivity (Wildman–Crippen MR) is 123 cm³/mol. The van der Waals surface area contributed by atoms with E-state index in [1.807, 2.05) is 64.3 Å². The summed E-state index contributed by atoms with van der Waals surface area (Å²) in [7, 11) is 4.03. The van der Waals surface area contributed by atoms with Gasteiger partial charge in [0.05, 0.1) is 6.54 Å². The third-order valence-electron chi connectivity index (χ3n) is 5.54. The van der Waals surface area contributed by atoms with Crippen molar-refractivity contribution < 1.29 is 9.59 Å². The fourth-order valence-electron chi connectivity index (χ4n) is 3.87. The number of rotatable bonds is 5. The van der Waals surface area contributed by atoms with Gasteiger partial charge in [-0.05, 0) is 61.4 Å². The molecule has 0 bridgehead atoms. The number of carbonyl (C=O) groups excluding carboxylic acids is 2.